The molecule has 1 unspecified atom stereocenters. The van der Waals surface area contributed by atoms with Crippen LogP contribution < -0.4 is 5.73 Å². The van der Waals surface area contributed by atoms with Crippen LogP contribution in [0.4, 0.5) is 5.69 Å². The molecule has 1 atom stereocenters. The van der Waals surface area contributed by atoms with Crippen LogP contribution in [0.5, 0.6) is 0 Å². The summed E-state index contributed by atoms with van der Waals surface area (Å²) in [6.07, 6.45) is 2.00. The number of halogens is 1. The van der Waals surface area contributed by atoms with Crippen LogP contribution in [0, 0.1) is 5.92 Å². The number of rotatable bonds is 4. The number of nitrogens with two attached hydrogens (primary N) is 1. The summed E-state index contributed by atoms with van der Waals surface area (Å²) in [6, 6.07) is 4.66. The van der Waals surface area contributed by atoms with Crippen molar-refractivity contribution in [2.24, 2.45) is 5.92 Å². The van der Waals surface area contributed by atoms with Crippen LogP contribution >= 0.6 is 15.9 Å². The van der Waals surface area contributed by atoms with E-state index in [4.69, 9.17) is 10.5 Å². The number of sulfonamides is 1. The van der Waals surface area contributed by atoms with E-state index in [1.165, 1.54) is 10.4 Å². The van der Waals surface area contributed by atoms with Gasteiger partial charge in [0, 0.05) is 30.4 Å². The molecule has 2 N–H and O–H groups in total. The number of ether oxygens (including phenoxy) is 1. The van der Waals surface area contributed by atoms with E-state index in [1.807, 2.05) is 0 Å². The minimum Gasteiger partial charge on any atom is -0.398 e. The number of benzene rings is 1. The van der Waals surface area contributed by atoms with Crippen molar-refractivity contribution in [3.63, 3.8) is 0 Å². The molecule has 1 aromatic carbocycles. The highest BCUT2D eigenvalue weighted by Crippen LogP contribution is 2.25. The first-order valence-electron chi connectivity index (χ1n) is 6.50. The van der Waals surface area contributed by atoms with Gasteiger partial charge < -0.3 is 10.5 Å². The number of nitrogen functional groups attached to an aromatic ring is 1. The van der Waals surface area contributed by atoms with Gasteiger partial charge in [0.15, 0.2) is 0 Å². The Hall–Kier alpha value is -0.630. The Morgan fingerprint density at radius 3 is 2.85 bits per heavy atom. The van der Waals surface area contributed by atoms with Gasteiger partial charge >= 0.3 is 0 Å². The lowest BCUT2D eigenvalue weighted by Crippen LogP contribution is -2.35. The van der Waals surface area contributed by atoms with E-state index in [9.17, 15) is 8.42 Å². The predicted octanol–water partition coefficient (Wildman–Crippen LogP) is 2.08. The third-order valence-electron chi connectivity index (χ3n) is 3.45. The summed E-state index contributed by atoms with van der Waals surface area (Å²) in [5, 5.41) is 0. The maximum absolute atomic E-state index is 12.5. The van der Waals surface area contributed by atoms with Crippen LogP contribution in [0.3, 0.4) is 0 Å². The molecule has 0 aromatic heterocycles. The topological polar surface area (TPSA) is 72.6 Å². The molecule has 1 saturated heterocycles. The van der Waals surface area contributed by atoms with E-state index in [2.05, 4.69) is 15.9 Å². The Morgan fingerprint density at radius 1 is 1.50 bits per heavy atom. The molecule has 0 saturated carbocycles. The van der Waals surface area contributed by atoms with Gasteiger partial charge in [0.25, 0.3) is 0 Å². The van der Waals surface area contributed by atoms with Crippen molar-refractivity contribution < 1.29 is 13.2 Å². The van der Waals surface area contributed by atoms with Crippen molar-refractivity contribution >= 4 is 31.6 Å². The van der Waals surface area contributed by atoms with Gasteiger partial charge in [0.1, 0.15) is 0 Å². The highest BCUT2D eigenvalue weighted by molar-refractivity contribution is 9.10. The van der Waals surface area contributed by atoms with Crippen LogP contribution in [0.1, 0.15) is 12.8 Å². The smallest absolute Gasteiger partial charge is 0.242 e. The van der Waals surface area contributed by atoms with Gasteiger partial charge in [-0.25, -0.2) is 12.7 Å². The minimum absolute atomic E-state index is 0.248. The lowest BCUT2D eigenvalue weighted by Gasteiger charge is -2.26. The van der Waals surface area contributed by atoms with Gasteiger partial charge in [-0.05, 0) is 52.9 Å². The summed E-state index contributed by atoms with van der Waals surface area (Å²) in [4.78, 5) is 0.248. The van der Waals surface area contributed by atoms with Crippen LogP contribution in [0.25, 0.3) is 0 Å². The highest BCUT2D eigenvalue weighted by Gasteiger charge is 2.25. The minimum atomic E-state index is -3.49. The second-order valence-corrected chi connectivity index (χ2v) is 7.95. The summed E-state index contributed by atoms with van der Waals surface area (Å²) in [7, 11) is -1.88. The number of hydrogen-bond acceptors (Lipinski definition) is 4. The summed E-state index contributed by atoms with van der Waals surface area (Å²) < 4.78 is 32.4. The average molecular weight is 363 g/mol. The van der Waals surface area contributed by atoms with Crippen LogP contribution in [-0.2, 0) is 14.8 Å². The molecule has 1 aliphatic rings. The zero-order valence-corrected chi connectivity index (χ0v) is 13.8. The number of nitrogens with zero attached hydrogens (tertiary/aromatic N) is 1. The molecule has 20 heavy (non-hydrogen) atoms. The molecule has 1 aromatic rings. The lowest BCUT2D eigenvalue weighted by atomic mass is 10.0. The fourth-order valence-corrected chi connectivity index (χ4v) is 4.07. The van der Waals surface area contributed by atoms with Gasteiger partial charge in [0.2, 0.25) is 10.0 Å². The van der Waals surface area contributed by atoms with Crippen LogP contribution in [-0.4, -0.2) is 39.5 Å². The quantitative estimate of drug-likeness (QED) is 0.832. The lowest BCUT2D eigenvalue weighted by molar-refractivity contribution is 0.0495. The van der Waals surface area contributed by atoms with Gasteiger partial charge in [-0.1, -0.05) is 0 Å². The third kappa shape index (κ3) is 3.52. The largest absolute Gasteiger partial charge is 0.398 e. The normalized spacial score (nSPS) is 20.2. The van der Waals surface area contributed by atoms with Crippen LogP contribution in [0.15, 0.2) is 27.6 Å². The van der Waals surface area contributed by atoms with Gasteiger partial charge in [-0.15, -0.1) is 0 Å². The van der Waals surface area contributed by atoms with E-state index >= 15 is 0 Å². The molecule has 112 valence electrons. The molecule has 2 rings (SSSR count). The molecule has 0 bridgehead atoms. The van der Waals surface area contributed by atoms with Crippen molar-refractivity contribution in [1.82, 2.24) is 4.31 Å². The standard InChI is InChI=1S/C13H19BrN2O3S/c1-16(8-10-3-2-6-19-9-10)20(17,18)11-4-5-13(15)12(14)7-11/h4-5,7,10H,2-3,6,8-9,15H2,1H3. The Kier molecular flexibility index (Phi) is 5.06. The molecular weight excluding hydrogens is 344 g/mol. The summed E-state index contributed by atoms with van der Waals surface area (Å²) >= 11 is 3.26. The summed E-state index contributed by atoms with van der Waals surface area (Å²) in [6.45, 7) is 1.88. The second-order valence-electron chi connectivity index (χ2n) is 5.05. The Morgan fingerprint density at radius 2 is 2.25 bits per heavy atom. The van der Waals surface area contributed by atoms with Gasteiger partial charge in [-0.3, -0.25) is 0 Å². The van der Waals surface area contributed by atoms with E-state index < -0.39 is 10.0 Å². The van der Waals surface area contributed by atoms with Crippen molar-refractivity contribution in [3.8, 4) is 0 Å². The van der Waals surface area contributed by atoms with Gasteiger partial charge in [-0.2, -0.15) is 0 Å². The van der Waals surface area contributed by atoms with Crippen molar-refractivity contribution in [1.29, 1.82) is 0 Å². The second kappa shape index (κ2) is 6.43. The number of hydrogen-bond donors (Lipinski definition) is 1. The predicted molar refractivity (Wildman–Crippen MR) is 81.9 cm³/mol. The molecule has 1 heterocycles. The molecule has 7 heteroatoms. The van der Waals surface area contributed by atoms with E-state index in [0.717, 1.165) is 19.4 Å². The fraction of sp³-hybridized carbons (Fsp3) is 0.538. The highest BCUT2D eigenvalue weighted by atomic mass is 79.9. The van der Waals surface area contributed by atoms with Crippen LogP contribution in [0.2, 0.25) is 0 Å². The number of anilines is 1. The van der Waals surface area contributed by atoms with Crippen molar-refractivity contribution in [3.05, 3.63) is 22.7 Å². The fourth-order valence-electron chi connectivity index (χ4n) is 2.26. The summed E-state index contributed by atoms with van der Waals surface area (Å²) in [5.74, 6) is 0.265. The molecule has 0 amide bonds. The zero-order chi connectivity index (χ0) is 14.8. The van der Waals surface area contributed by atoms with Crippen molar-refractivity contribution in [2.75, 3.05) is 32.5 Å². The maximum Gasteiger partial charge on any atom is 0.242 e. The van der Waals surface area contributed by atoms with E-state index in [0.29, 0.717) is 23.3 Å². The Labute approximate surface area is 128 Å². The molecule has 5 nitrogen and oxygen atoms in total. The Balaban J connectivity index is 2.13. The first-order chi connectivity index (χ1) is 9.41. The summed E-state index contributed by atoms with van der Waals surface area (Å²) in [5.41, 5.74) is 6.21. The molecule has 1 aliphatic heterocycles. The molecule has 0 radical (unpaired) electrons. The Bertz CT molecular complexity index is 571. The van der Waals surface area contributed by atoms with E-state index in [-0.39, 0.29) is 10.8 Å². The first kappa shape index (κ1) is 15.8. The van der Waals surface area contributed by atoms with Gasteiger partial charge in [0.05, 0.1) is 11.5 Å². The maximum atomic E-state index is 12.5. The molecule has 1 fully saturated rings. The zero-order valence-electron chi connectivity index (χ0n) is 11.4. The molecule has 0 aliphatic carbocycles. The molecule has 0 spiro atoms. The monoisotopic (exact) mass is 362 g/mol. The SMILES string of the molecule is CN(CC1CCCOC1)S(=O)(=O)c1ccc(N)c(Br)c1. The first-order valence-corrected chi connectivity index (χ1v) is 8.73. The average Bonchev–Trinajstić information content (AvgIpc) is 2.42. The van der Waals surface area contributed by atoms with E-state index in [1.54, 1.807) is 19.2 Å². The van der Waals surface area contributed by atoms with Crippen molar-refractivity contribution in [2.45, 2.75) is 17.7 Å². The third-order valence-corrected chi connectivity index (χ3v) is 5.96. The molecular formula is C13H19BrN2O3S.